The fourth-order valence-corrected chi connectivity index (χ4v) is 4.14. The molecule has 2 aromatic carbocycles. The van der Waals surface area contributed by atoms with Gasteiger partial charge >= 0.3 is 0 Å². The van der Waals surface area contributed by atoms with Gasteiger partial charge in [-0.1, -0.05) is 35.6 Å². The van der Waals surface area contributed by atoms with Gasteiger partial charge in [-0.25, -0.2) is 9.97 Å². The zero-order chi connectivity index (χ0) is 20.5. The summed E-state index contributed by atoms with van der Waals surface area (Å²) in [6, 6.07) is 20.9. The summed E-state index contributed by atoms with van der Waals surface area (Å²) in [5.74, 6) is 0.489. The number of para-hydroxylation sites is 1. The van der Waals surface area contributed by atoms with Crippen molar-refractivity contribution in [3.05, 3.63) is 90.4 Å². The van der Waals surface area contributed by atoms with Crippen LogP contribution in [0.15, 0.2) is 79.1 Å². The molecule has 5 aromatic rings. The largest absolute Gasteiger partial charge is 0.487 e. The van der Waals surface area contributed by atoms with Crippen LogP contribution in [0.3, 0.4) is 0 Å². The van der Waals surface area contributed by atoms with Crippen LogP contribution in [0.5, 0.6) is 5.75 Å². The third kappa shape index (κ3) is 3.51. The summed E-state index contributed by atoms with van der Waals surface area (Å²) in [4.78, 5) is 23.7. The summed E-state index contributed by atoms with van der Waals surface area (Å²) >= 11 is 1.49. The lowest BCUT2D eigenvalue weighted by Crippen LogP contribution is -2.26. The predicted molar refractivity (Wildman–Crippen MR) is 118 cm³/mol. The first-order valence-electron chi connectivity index (χ1n) is 9.46. The molecule has 3 aromatic heterocycles. The molecule has 148 valence electrons. The van der Waals surface area contributed by atoms with Crippen molar-refractivity contribution in [1.82, 2.24) is 14.4 Å². The van der Waals surface area contributed by atoms with E-state index in [9.17, 15) is 4.79 Å². The highest BCUT2D eigenvalue weighted by Gasteiger charge is 2.17. The van der Waals surface area contributed by atoms with Crippen molar-refractivity contribution >= 4 is 38.2 Å². The van der Waals surface area contributed by atoms with Gasteiger partial charge in [-0.2, -0.15) is 0 Å². The fraction of sp³-hybridized carbons (Fsp3) is 0.0870. The number of rotatable bonds is 5. The number of thiazole rings is 1. The number of nitrogens with zero attached hydrogens (tertiary/aromatic N) is 4. The molecule has 1 amide bonds. The first kappa shape index (κ1) is 18.3. The molecular formula is C23H18N4O2S. The lowest BCUT2D eigenvalue weighted by Gasteiger charge is -2.14. The van der Waals surface area contributed by atoms with Gasteiger partial charge in [0.05, 0.1) is 15.9 Å². The van der Waals surface area contributed by atoms with Crippen molar-refractivity contribution in [2.75, 3.05) is 11.9 Å². The highest BCUT2D eigenvalue weighted by Crippen LogP contribution is 2.29. The Morgan fingerprint density at radius 1 is 1.07 bits per heavy atom. The van der Waals surface area contributed by atoms with Crippen LogP contribution in [0.25, 0.3) is 15.9 Å². The first-order valence-corrected chi connectivity index (χ1v) is 10.3. The van der Waals surface area contributed by atoms with Crippen molar-refractivity contribution in [1.29, 1.82) is 0 Å². The lowest BCUT2D eigenvalue weighted by atomic mass is 10.2. The van der Waals surface area contributed by atoms with E-state index in [0.717, 1.165) is 21.6 Å². The van der Waals surface area contributed by atoms with Gasteiger partial charge in [-0.3, -0.25) is 9.69 Å². The quantitative estimate of drug-likeness (QED) is 0.415. The van der Waals surface area contributed by atoms with E-state index in [1.54, 1.807) is 24.1 Å². The molecule has 6 nitrogen and oxygen atoms in total. The molecule has 0 spiro atoms. The van der Waals surface area contributed by atoms with E-state index in [1.807, 2.05) is 71.4 Å². The average molecular weight is 414 g/mol. The lowest BCUT2D eigenvalue weighted by molar-refractivity contribution is 0.0992. The van der Waals surface area contributed by atoms with Gasteiger partial charge in [-0.05, 0) is 42.5 Å². The number of ether oxygens (including phenoxy) is 1. The second-order valence-electron chi connectivity index (χ2n) is 6.84. The Kier molecular flexibility index (Phi) is 4.65. The number of hydrogen-bond donors (Lipinski definition) is 0. The number of anilines is 1. The standard InChI is InChI=1S/C23H18N4O2S/c1-26(23-25-19-9-2-3-10-20(19)30-23)22(28)16-7-6-8-18(13-16)29-15-17-14-27-12-5-4-11-21(27)24-17/h2-14H,15H2,1H3. The van der Waals surface area contributed by atoms with Crippen LogP contribution in [0, 0.1) is 0 Å². The Morgan fingerprint density at radius 2 is 1.93 bits per heavy atom. The third-order valence-electron chi connectivity index (χ3n) is 4.76. The fourth-order valence-electron chi connectivity index (χ4n) is 3.22. The van der Waals surface area contributed by atoms with Gasteiger partial charge in [0.2, 0.25) is 0 Å². The Bertz CT molecular complexity index is 1290. The Morgan fingerprint density at radius 3 is 2.80 bits per heavy atom. The molecule has 5 rings (SSSR count). The molecule has 0 bridgehead atoms. The van der Waals surface area contributed by atoms with Gasteiger partial charge in [0.1, 0.15) is 18.0 Å². The van der Waals surface area contributed by atoms with Gasteiger partial charge in [-0.15, -0.1) is 0 Å². The number of imidazole rings is 1. The zero-order valence-electron chi connectivity index (χ0n) is 16.2. The van der Waals surface area contributed by atoms with E-state index in [2.05, 4.69) is 9.97 Å². The van der Waals surface area contributed by atoms with Crippen LogP contribution in [0.4, 0.5) is 5.13 Å². The maximum atomic E-state index is 13.0. The van der Waals surface area contributed by atoms with Crippen molar-refractivity contribution in [2.45, 2.75) is 6.61 Å². The number of carbonyl (C=O) groups is 1. The maximum Gasteiger partial charge on any atom is 0.259 e. The monoisotopic (exact) mass is 414 g/mol. The maximum absolute atomic E-state index is 13.0. The van der Waals surface area contributed by atoms with Gasteiger partial charge in [0.15, 0.2) is 5.13 Å². The second kappa shape index (κ2) is 7.61. The number of hydrogen-bond acceptors (Lipinski definition) is 5. The Labute approximate surface area is 177 Å². The van der Waals surface area contributed by atoms with E-state index in [4.69, 9.17) is 4.74 Å². The van der Waals surface area contributed by atoms with Crippen LogP contribution < -0.4 is 9.64 Å². The number of benzene rings is 2. The van der Waals surface area contributed by atoms with E-state index >= 15 is 0 Å². The highest BCUT2D eigenvalue weighted by molar-refractivity contribution is 7.22. The molecule has 0 unspecified atom stereocenters. The van der Waals surface area contributed by atoms with Crippen LogP contribution in [-0.4, -0.2) is 27.3 Å². The van der Waals surface area contributed by atoms with Crippen molar-refractivity contribution in [3.63, 3.8) is 0 Å². The zero-order valence-corrected chi connectivity index (χ0v) is 17.0. The predicted octanol–water partition coefficient (Wildman–Crippen LogP) is 4.80. The van der Waals surface area contributed by atoms with Crippen molar-refractivity contribution < 1.29 is 9.53 Å². The second-order valence-corrected chi connectivity index (χ2v) is 7.85. The summed E-state index contributed by atoms with van der Waals surface area (Å²) in [6.07, 6.45) is 3.88. The normalized spacial score (nSPS) is 11.1. The summed E-state index contributed by atoms with van der Waals surface area (Å²) in [6.45, 7) is 0.326. The average Bonchev–Trinajstić information content (AvgIpc) is 3.40. The highest BCUT2D eigenvalue weighted by atomic mass is 32.1. The van der Waals surface area contributed by atoms with E-state index in [1.165, 1.54) is 11.3 Å². The van der Waals surface area contributed by atoms with E-state index in [-0.39, 0.29) is 5.91 Å². The van der Waals surface area contributed by atoms with E-state index < -0.39 is 0 Å². The number of pyridine rings is 1. The molecule has 0 N–H and O–H groups in total. The number of amides is 1. The molecule has 7 heteroatoms. The molecule has 0 saturated carbocycles. The molecule has 0 aliphatic heterocycles. The summed E-state index contributed by atoms with van der Waals surface area (Å²) in [5.41, 5.74) is 3.13. The molecule has 30 heavy (non-hydrogen) atoms. The molecule has 0 aliphatic carbocycles. The first-order chi connectivity index (χ1) is 14.7. The molecular weight excluding hydrogens is 396 g/mol. The van der Waals surface area contributed by atoms with Crippen LogP contribution in [0.2, 0.25) is 0 Å². The SMILES string of the molecule is CN(C(=O)c1cccc(OCc2cn3ccccc3n2)c1)c1nc2ccccc2s1. The minimum Gasteiger partial charge on any atom is -0.487 e. The molecule has 3 heterocycles. The number of carbonyl (C=O) groups excluding carboxylic acids is 1. The topological polar surface area (TPSA) is 59.7 Å². The van der Waals surface area contributed by atoms with Gasteiger partial charge in [0, 0.05) is 25.0 Å². The number of aromatic nitrogens is 3. The summed E-state index contributed by atoms with van der Waals surface area (Å²) in [5, 5.41) is 0.664. The van der Waals surface area contributed by atoms with Crippen molar-refractivity contribution in [3.8, 4) is 5.75 Å². The van der Waals surface area contributed by atoms with Crippen LogP contribution in [0.1, 0.15) is 16.1 Å². The third-order valence-corrected chi connectivity index (χ3v) is 5.87. The molecule has 0 fully saturated rings. The minimum atomic E-state index is -0.132. The molecule has 0 saturated heterocycles. The van der Waals surface area contributed by atoms with Gasteiger partial charge < -0.3 is 9.14 Å². The van der Waals surface area contributed by atoms with Gasteiger partial charge in [0.25, 0.3) is 5.91 Å². The smallest absolute Gasteiger partial charge is 0.259 e. The Hall–Kier alpha value is -3.71. The molecule has 0 atom stereocenters. The summed E-state index contributed by atoms with van der Waals surface area (Å²) < 4.78 is 8.89. The van der Waals surface area contributed by atoms with Crippen LogP contribution in [-0.2, 0) is 6.61 Å². The van der Waals surface area contributed by atoms with Crippen LogP contribution >= 0.6 is 11.3 Å². The van der Waals surface area contributed by atoms with Crippen molar-refractivity contribution in [2.24, 2.45) is 0 Å². The summed E-state index contributed by atoms with van der Waals surface area (Å²) in [7, 11) is 1.74. The Balaban J connectivity index is 1.32. The number of fused-ring (bicyclic) bond motifs is 2. The molecule has 0 radical (unpaired) electrons. The minimum absolute atomic E-state index is 0.132. The van der Waals surface area contributed by atoms with E-state index in [0.29, 0.717) is 23.1 Å². The molecule has 0 aliphatic rings.